The molecule has 0 aliphatic carbocycles. The van der Waals surface area contributed by atoms with E-state index in [1.165, 1.54) is 12.1 Å². The highest BCUT2D eigenvalue weighted by Crippen LogP contribution is 2.26. The fourth-order valence-electron chi connectivity index (χ4n) is 1.97. The van der Waals surface area contributed by atoms with Crippen molar-refractivity contribution in [3.05, 3.63) is 41.1 Å². The lowest BCUT2D eigenvalue weighted by atomic mass is 10.1. The Balaban J connectivity index is 2.69. The SMILES string of the molecule is CCn1nc(C=O)c(C)c1-c1cc(F)cc(F)c1. The van der Waals surface area contributed by atoms with Crippen LogP contribution in [-0.4, -0.2) is 16.1 Å². The number of hydrogen-bond acceptors (Lipinski definition) is 2. The zero-order chi connectivity index (χ0) is 13.3. The van der Waals surface area contributed by atoms with Crippen LogP contribution in [0.3, 0.4) is 0 Å². The molecule has 0 saturated carbocycles. The van der Waals surface area contributed by atoms with Crippen molar-refractivity contribution in [1.82, 2.24) is 9.78 Å². The maximum absolute atomic E-state index is 13.2. The first-order valence-corrected chi connectivity index (χ1v) is 5.55. The number of nitrogens with zero attached hydrogens (tertiary/aromatic N) is 2. The summed E-state index contributed by atoms with van der Waals surface area (Å²) in [4.78, 5) is 10.9. The average molecular weight is 250 g/mol. The third kappa shape index (κ3) is 2.03. The molecule has 1 heterocycles. The average Bonchev–Trinajstić information content (AvgIpc) is 2.64. The number of aryl methyl sites for hydroxylation is 1. The standard InChI is InChI=1S/C13H12F2N2O/c1-3-17-13(8(2)12(7-18)16-17)9-4-10(14)6-11(15)5-9/h4-7H,3H2,1-2H3. The monoisotopic (exact) mass is 250 g/mol. The van der Waals surface area contributed by atoms with Gasteiger partial charge in [-0.25, -0.2) is 8.78 Å². The minimum Gasteiger partial charge on any atom is -0.296 e. The molecule has 3 nitrogen and oxygen atoms in total. The third-order valence-corrected chi connectivity index (χ3v) is 2.77. The van der Waals surface area contributed by atoms with Crippen molar-refractivity contribution >= 4 is 6.29 Å². The summed E-state index contributed by atoms with van der Waals surface area (Å²) in [6.07, 6.45) is 0.640. The van der Waals surface area contributed by atoms with Crippen molar-refractivity contribution in [3.63, 3.8) is 0 Å². The van der Waals surface area contributed by atoms with Crippen LogP contribution in [0.4, 0.5) is 8.78 Å². The van der Waals surface area contributed by atoms with E-state index in [2.05, 4.69) is 5.10 Å². The van der Waals surface area contributed by atoms with Gasteiger partial charge in [-0.3, -0.25) is 9.48 Å². The van der Waals surface area contributed by atoms with Gasteiger partial charge in [-0.05, 0) is 26.0 Å². The van der Waals surface area contributed by atoms with Gasteiger partial charge in [0.1, 0.15) is 17.3 Å². The van der Waals surface area contributed by atoms with Crippen molar-refractivity contribution in [1.29, 1.82) is 0 Å². The smallest absolute Gasteiger partial charge is 0.170 e. The molecule has 0 fully saturated rings. The molecular formula is C13H12F2N2O. The highest BCUT2D eigenvalue weighted by atomic mass is 19.1. The summed E-state index contributed by atoms with van der Waals surface area (Å²) in [5.74, 6) is -1.30. The lowest BCUT2D eigenvalue weighted by Crippen LogP contribution is -2.00. The Labute approximate surface area is 103 Å². The van der Waals surface area contributed by atoms with E-state index in [0.717, 1.165) is 6.07 Å². The van der Waals surface area contributed by atoms with Crippen molar-refractivity contribution in [2.45, 2.75) is 20.4 Å². The predicted octanol–water partition coefficient (Wildman–Crippen LogP) is 2.97. The molecule has 0 spiro atoms. The van der Waals surface area contributed by atoms with Crippen LogP contribution in [0.5, 0.6) is 0 Å². The number of rotatable bonds is 3. The van der Waals surface area contributed by atoms with E-state index in [4.69, 9.17) is 0 Å². The molecule has 0 bridgehead atoms. The maximum atomic E-state index is 13.2. The highest BCUT2D eigenvalue weighted by molar-refractivity contribution is 5.79. The summed E-state index contributed by atoms with van der Waals surface area (Å²) < 4.78 is 28.0. The first kappa shape index (κ1) is 12.4. The van der Waals surface area contributed by atoms with E-state index >= 15 is 0 Å². The van der Waals surface area contributed by atoms with E-state index in [9.17, 15) is 13.6 Å². The van der Waals surface area contributed by atoms with Gasteiger partial charge in [0.25, 0.3) is 0 Å². The summed E-state index contributed by atoms with van der Waals surface area (Å²) in [6, 6.07) is 3.27. The van der Waals surface area contributed by atoms with E-state index in [1.807, 2.05) is 6.92 Å². The summed E-state index contributed by atoms with van der Waals surface area (Å²) in [5, 5.41) is 4.09. The second-order valence-corrected chi connectivity index (χ2v) is 3.95. The van der Waals surface area contributed by atoms with E-state index < -0.39 is 11.6 Å². The summed E-state index contributed by atoms with van der Waals surface area (Å²) in [5.41, 5.74) is 1.86. The zero-order valence-electron chi connectivity index (χ0n) is 10.1. The number of carbonyl (C=O) groups excluding carboxylic acids is 1. The second kappa shape index (κ2) is 4.68. The van der Waals surface area contributed by atoms with Crippen LogP contribution in [-0.2, 0) is 6.54 Å². The third-order valence-electron chi connectivity index (χ3n) is 2.77. The normalized spacial score (nSPS) is 10.7. The van der Waals surface area contributed by atoms with Crippen molar-refractivity contribution in [3.8, 4) is 11.3 Å². The van der Waals surface area contributed by atoms with Gasteiger partial charge >= 0.3 is 0 Å². The number of aromatic nitrogens is 2. The number of carbonyl (C=O) groups is 1. The number of hydrogen-bond donors (Lipinski definition) is 0. The Morgan fingerprint density at radius 2 is 1.89 bits per heavy atom. The van der Waals surface area contributed by atoms with Gasteiger partial charge < -0.3 is 0 Å². The van der Waals surface area contributed by atoms with Gasteiger partial charge in [0.2, 0.25) is 0 Å². The molecule has 18 heavy (non-hydrogen) atoms. The maximum Gasteiger partial charge on any atom is 0.170 e. The molecule has 1 aromatic heterocycles. The molecule has 0 atom stereocenters. The van der Waals surface area contributed by atoms with Crippen LogP contribution in [0.1, 0.15) is 23.0 Å². The molecular weight excluding hydrogens is 238 g/mol. The minimum atomic E-state index is -0.652. The van der Waals surface area contributed by atoms with Gasteiger partial charge in [0.05, 0.1) is 5.69 Å². The van der Waals surface area contributed by atoms with E-state index in [-0.39, 0.29) is 5.69 Å². The van der Waals surface area contributed by atoms with Gasteiger partial charge in [-0.1, -0.05) is 0 Å². The lowest BCUT2D eigenvalue weighted by molar-refractivity contribution is 0.111. The summed E-state index contributed by atoms with van der Waals surface area (Å²) in [7, 11) is 0. The molecule has 0 unspecified atom stereocenters. The van der Waals surface area contributed by atoms with Crippen LogP contribution in [0.2, 0.25) is 0 Å². The Kier molecular flexibility index (Phi) is 3.23. The number of aldehydes is 1. The second-order valence-electron chi connectivity index (χ2n) is 3.95. The van der Waals surface area contributed by atoms with E-state index in [1.54, 1.807) is 11.6 Å². The Bertz CT molecular complexity index is 585. The molecule has 0 aliphatic heterocycles. The van der Waals surface area contributed by atoms with Crippen LogP contribution >= 0.6 is 0 Å². The molecule has 2 rings (SSSR count). The van der Waals surface area contributed by atoms with Gasteiger partial charge in [0, 0.05) is 23.7 Å². The molecule has 94 valence electrons. The zero-order valence-corrected chi connectivity index (χ0v) is 10.1. The fourth-order valence-corrected chi connectivity index (χ4v) is 1.97. The molecule has 0 aliphatic rings. The molecule has 5 heteroatoms. The Morgan fingerprint density at radius 1 is 1.28 bits per heavy atom. The van der Waals surface area contributed by atoms with Crippen molar-refractivity contribution in [2.24, 2.45) is 0 Å². The topological polar surface area (TPSA) is 34.9 Å². The van der Waals surface area contributed by atoms with Crippen LogP contribution in [0, 0.1) is 18.6 Å². The van der Waals surface area contributed by atoms with E-state index in [0.29, 0.717) is 29.7 Å². The molecule has 0 N–H and O–H groups in total. The van der Waals surface area contributed by atoms with Crippen LogP contribution in [0.25, 0.3) is 11.3 Å². The quantitative estimate of drug-likeness (QED) is 0.785. The lowest BCUT2D eigenvalue weighted by Gasteiger charge is -2.06. The van der Waals surface area contributed by atoms with Gasteiger partial charge in [-0.15, -0.1) is 0 Å². The summed E-state index contributed by atoms with van der Waals surface area (Å²) >= 11 is 0. The number of benzene rings is 1. The fraction of sp³-hybridized carbons (Fsp3) is 0.231. The summed E-state index contributed by atoms with van der Waals surface area (Å²) in [6.45, 7) is 4.07. The predicted molar refractivity (Wildman–Crippen MR) is 63.4 cm³/mol. The molecule has 0 radical (unpaired) electrons. The highest BCUT2D eigenvalue weighted by Gasteiger charge is 2.16. The molecule has 1 aromatic carbocycles. The van der Waals surface area contributed by atoms with Crippen molar-refractivity contribution in [2.75, 3.05) is 0 Å². The molecule has 2 aromatic rings. The first-order valence-electron chi connectivity index (χ1n) is 5.55. The Morgan fingerprint density at radius 3 is 2.39 bits per heavy atom. The first-order chi connectivity index (χ1) is 8.56. The minimum absolute atomic E-state index is 0.288. The number of halogens is 2. The van der Waals surface area contributed by atoms with Gasteiger partial charge in [-0.2, -0.15) is 5.10 Å². The Hall–Kier alpha value is -2.04. The van der Waals surface area contributed by atoms with Crippen LogP contribution < -0.4 is 0 Å². The van der Waals surface area contributed by atoms with Crippen LogP contribution in [0.15, 0.2) is 18.2 Å². The van der Waals surface area contributed by atoms with Gasteiger partial charge in [0.15, 0.2) is 6.29 Å². The largest absolute Gasteiger partial charge is 0.296 e. The van der Waals surface area contributed by atoms with Crippen molar-refractivity contribution < 1.29 is 13.6 Å². The molecule has 0 amide bonds. The molecule has 0 saturated heterocycles.